The van der Waals surface area contributed by atoms with Crippen molar-refractivity contribution in [3.05, 3.63) is 29.6 Å². The van der Waals surface area contributed by atoms with Crippen molar-refractivity contribution in [3.8, 4) is 0 Å². The van der Waals surface area contributed by atoms with Crippen LogP contribution in [0.1, 0.15) is 31.0 Å². The van der Waals surface area contributed by atoms with Crippen molar-refractivity contribution in [3.63, 3.8) is 0 Å². The number of likely N-dealkylation sites (tertiary alicyclic amines) is 1. The van der Waals surface area contributed by atoms with Crippen molar-refractivity contribution < 1.29 is 9.53 Å². The van der Waals surface area contributed by atoms with E-state index >= 15 is 0 Å². The standard InChI is InChI=1S/C14H20N2O2/c1-3-18-14(17)13-7-5-9-16(13)10-12-11(2)6-4-8-15-12/h4,6,8,13H,3,5,7,9-10H2,1-2H3. The second-order valence-corrected chi connectivity index (χ2v) is 4.65. The predicted octanol–water partition coefficient (Wildman–Crippen LogP) is 1.92. The lowest BCUT2D eigenvalue weighted by atomic mass is 10.2. The van der Waals surface area contributed by atoms with Crippen LogP contribution in [0.2, 0.25) is 0 Å². The summed E-state index contributed by atoms with van der Waals surface area (Å²) in [4.78, 5) is 18.4. The summed E-state index contributed by atoms with van der Waals surface area (Å²) < 4.78 is 5.12. The number of ether oxygens (including phenoxy) is 1. The first-order chi connectivity index (χ1) is 8.72. The first kappa shape index (κ1) is 13.0. The van der Waals surface area contributed by atoms with Crippen LogP contribution in [-0.2, 0) is 16.1 Å². The van der Waals surface area contributed by atoms with Gasteiger partial charge in [0.15, 0.2) is 0 Å². The Balaban J connectivity index is 2.04. The van der Waals surface area contributed by atoms with Crippen LogP contribution in [0.25, 0.3) is 0 Å². The first-order valence-electron chi connectivity index (χ1n) is 6.53. The molecule has 18 heavy (non-hydrogen) atoms. The average molecular weight is 248 g/mol. The summed E-state index contributed by atoms with van der Waals surface area (Å²) in [5.74, 6) is -0.0939. The van der Waals surface area contributed by atoms with E-state index in [4.69, 9.17) is 4.74 Å². The van der Waals surface area contributed by atoms with E-state index < -0.39 is 0 Å². The normalized spacial score (nSPS) is 20.0. The van der Waals surface area contributed by atoms with Crippen LogP contribution in [-0.4, -0.2) is 35.0 Å². The Morgan fingerprint density at radius 1 is 1.61 bits per heavy atom. The highest BCUT2D eigenvalue weighted by atomic mass is 16.5. The van der Waals surface area contributed by atoms with Crippen LogP contribution in [0.15, 0.2) is 18.3 Å². The molecule has 0 amide bonds. The van der Waals surface area contributed by atoms with Gasteiger partial charge in [-0.3, -0.25) is 14.7 Å². The minimum Gasteiger partial charge on any atom is -0.465 e. The molecule has 1 aliphatic heterocycles. The Kier molecular flexibility index (Phi) is 4.31. The van der Waals surface area contributed by atoms with Crippen molar-refractivity contribution in [1.29, 1.82) is 0 Å². The van der Waals surface area contributed by atoms with E-state index in [1.807, 2.05) is 13.0 Å². The molecule has 0 bridgehead atoms. The van der Waals surface area contributed by atoms with Crippen LogP contribution in [0.5, 0.6) is 0 Å². The smallest absolute Gasteiger partial charge is 0.323 e. The van der Waals surface area contributed by atoms with Crippen molar-refractivity contribution in [2.45, 2.75) is 39.3 Å². The first-order valence-corrected chi connectivity index (χ1v) is 6.53. The van der Waals surface area contributed by atoms with Gasteiger partial charge in [-0.25, -0.2) is 0 Å². The van der Waals surface area contributed by atoms with E-state index in [9.17, 15) is 4.79 Å². The van der Waals surface area contributed by atoms with Crippen LogP contribution in [0.4, 0.5) is 0 Å². The molecule has 1 fully saturated rings. The van der Waals surface area contributed by atoms with Crippen LogP contribution < -0.4 is 0 Å². The molecule has 1 unspecified atom stereocenters. The topological polar surface area (TPSA) is 42.4 Å². The molecule has 0 spiro atoms. The van der Waals surface area contributed by atoms with Gasteiger partial charge in [0, 0.05) is 12.7 Å². The fourth-order valence-corrected chi connectivity index (χ4v) is 2.40. The van der Waals surface area contributed by atoms with Crippen molar-refractivity contribution >= 4 is 5.97 Å². The Morgan fingerprint density at radius 2 is 2.44 bits per heavy atom. The van der Waals surface area contributed by atoms with E-state index in [-0.39, 0.29) is 12.0 Å². The number of rotatable bonds is 4. The summed E-state index contributed by atoms with van der Waals surface area (Å²) in [6.45, 7) is 6.03. The van der Waals surface area contributed by atoms with Gasteiger partial charge in [-0.15, -0.1) is 0 Å². The molecule has 1 saturated heterocycles. The summed E-state index contributed by atoms with van der Waals surface area (Å²) in [5.41, 5.74) is 2.22. The molecule has 4 heteroatoms. The Morgan fingerprint density at radius 3 is 3.17 bits per heavy atom. The van der Waals surface area contributed by atoms with E-state index in [1.165, 1.54) is 5.56 Å². The average Bonchev–Trinajstić information content (AvgIpc) is 2.81. The molecule has 0 radical (unpaired) electrons. The third-order valence-corrected chi connectivity index (χ3v) is 3.39. The van der Waals surface area contributed by atoms with Gasteiger partial charge in [-0.1, -0.05) is 6.07 Å². The molecular weight excluding hydrogens is 228 g/mol. The maximum Gasteiger partial charge on any atom is 0.323 e. The van der Waals surface area contributed by atoms with Crippen molar-refractivity contribution in [1.82, 2.24) is 9.88 Å². The molecule has 1 atom stereocenters. The van der Waals surface area contributed by atoms with Crippen molar-refractivity contribution in [2.24, 2.45) is 0 Å². The SMILES string of the molecule is CCOC(=O)C1CCCN1Cc1ncccc1C. The number of pyridine rings is 1. The third kappa shape index (κ3) is 2.88. The third-order valence-electron chi connectivity index (χ3n) is 3.39. The number of carbonyl (C=O) groups is 1. The number of carbonyl (C=O) groups excluding carboxylic acids is 1. The quantitative estimate of drug-likeness (QED) is 0.763. The largest absolute Gasteiger partial charge is 0.465 e. The molecule has 0 aliphatic carbocycles. The minimum atomic E-state index is -0.0939. The highest BCUT2D eigenvalue weighted by molar-refractivity contribution is 5.76. The highest BCUT2D eigenvalue weighted by Crippen LogP contribution is 2.21. The number of esters is 1. The van der Waals surface area contributed by atoms with E-state index in [0.717, 1.165) is 31.6 Å². The molecule has 4 nitrogen and oxygen atoms in total. The maximum atomic E-state index is 11.8. The van der Waals surface area contributed by atoms with E-state index in [0.29, 0.717) is 6.61 Å². The monoisotopic (exact) mass is 248 g/mol. The Hall–Kier alpha value is -1.42. The van der Waals surface area contributed by atoms with Gasteiger partial charge >= 0.3 is 5.97 Å². The lowest BCUT2D eigenvalue weighted by molar-refractivity contribution is -0.148. The lowest BCUT2D eigenvalue weighted by Crippen LogP contribution is -2.37. The zero-order valence-corrected chi connectivity index (χ0v) is 11.1. The molecule has 2 rings (SSSR count). The molecule has 1 aromatic rings. The molecule has 2 heterocycles. The zero-order chi connectivity index (χ0) is 13.0. The van der Waals surface area contributed by atoms with Gasteiger partial charge in [0.1, 0.15) is 6.04 Å². The zero-order valence-electron chi connectivity index (χ0n) is 11.1. The lowest BCUT2D eigenvalue weighted by Gasteiger charge is -2.22. The maximum absolute atomic E-state index is 11.8. The highest BCUT2D eigenvalue weighted by Gasteiger charge is 2.32. The second-order valence-electron chi connectivity index (χ2n) is 4.65. The number of nitrogens with zero attached hydrogens (tertiary/aromatic N) is 2. The molecule has 98 valence electrons. The molecule has 0 aromatic carbocycles. The van der Waals surface area contributed by atoms with Gasteiger partial charge < -0.3 is 4.74 Å². The molecular formula is C14H20N2O2. The van der Waals surface area contributed by atoms with Gasteiger partial charge in [-0.2, -0.15) is 0 Å². The fraction of sp³-hybridized carbons (Fsp3) is 0.571. The van der Waals surface area contributed by atoms with Gasteiger partial charge in [-0.05, 0) is 44.9 Å². The second kappa shape index (κ2) is 5.96. The fourth-order valence-electron chi connectivity index (χ4n) is 2.40. The van der Waals surface area contributed by atoms with Crippen molar-refractivity contribution in [2.75, 3.05) is 13.2 Å². The summed E-state index contributed by atoms with van der Waals surface area (Å²) in [6.07, 6.45) is 3.75. The summed E-state index contributed by atoms with van der Waals surface area (Å²) in [7, 11) is 0. The van der Waals surface area contributed by atoms with Gasteiger partial charge in [0.05, 0.1) is 12.3 Å². The van der Waals surface area contributed by atoms with E-state index in [1.54, 1.807) is 6.20 Å². The predicted molar refractivity (Wildman–Crippen MR) is 69.0 cm³/mol. The summed E-state index contributed by atoms with van der Waals surface area (Å²) in [6, 6.07) is 3.90. The molecule has 1 aromatic heterocycles. The number of aryl methyl sites for hydroxylation is 1. The van der Waals surface area contributed by atoms with E-state index in [2.05, 4.69) is 22.9 Å². The number of hydrogen-bond donors (Lipinski definition) is 0. The molecule has 0 N–H and O–H groups in total. The van der Waals surface area contributed by atoms with Gasteiger partial charge in [0.2, 0.25) is 0 Å². The molecule has 1 aliphatic rings. The number of aromatic nitrogens is 1. The summed E-state index contributed by atoms with van der Waals surface area (Å²) in [5, 5.41) is 0. The van der Waals surface area contributed by atoms with Crippen LogP contribution in [0.3, 0.4) is 0 Å². The Bertz CT molecular complexity index is 420. The van der Waals surface area contributed by atoms with Crippen LogP contribution in [0, 0.1) is 6.92 Å². The van der Waals surface area contributed by atoms with Gasteiger partial charge in [0.25, 0.3) is 0 Å². The summed E-state index contributed by atoms with van der Waals surface area (Å²) >= 11 is 0. The molecule has 0 saturated carbocycles. The number of hydrogen-bond acceptors (Lipinski definition) is 4. The minimum absolute atomic E-state index is 0.0913. The Labute approximate surface area is 108 Å². The van der Waals surface area contributed by atoms with Crippen LogP contribution >= 0.6 is 0 Å².